The Hall–Kier alpha value is -1.25. The number of alkyl halides is 6. The van der Waals surface area contributed by atoms with Crippen molar-refractivity contribution in [2.45, 2.75) is 23.3 Å². The molecule has 1 rings (SSSR count). The Morgan fingerprint density at radius 3 is 1.96 bits per heavy atom. The summed E-state index contributed by atoms with van der Waals surface area (Å²) in [5.74, 6) is 0. The number of anilines is 1. The molecule has 0 aliphatic carbocycles. The van der Waals surface area contributed by atoms with Crippen LogP contribution in [0.3, 0.4) is 0 Å². The molecule has 0 bridgehead atoms. The van der Waals surface area contributed by atoms with E-state index in [1.807, 2.05) is 0 Å². The van der Waals surface area contributed by atoms with Crippen molar-refractivity contribution in [3.05, 3.63) is 29.8 Å². The van der Waals surface area contributed by atoms with E-state index < -0.39 is 28.0 Å². The average Bonchev–Trinajstić information content (AvgIpc) is 2.43. The van der Waals surface area contributed by atoms with E-state index in [9.17, 15) is 27.5 Å². The van der Waals surface area contributed by atoms with Crippen molar-refractivity contribution >= 4 is 34.9 Å². The number of rotatable bonds is 5. The van der Waals surface area contributed by atoms with Crippen molar-refractivity contribution in [1.29, 1.82) is 0 Å². The lowest BCUT2D eigenvalue weighted by Crippen LogP contribution is -2.52. The molecule has 130 valence electrons. The van der Waals surface area contributed by atoms with Gasteiger partial charge in [0, 0.05) is 19.3 Å². The third kappa shape index (κ3) is 3.81. The summed E-state index contributed by atoms with van der Waals surface area (Å²) < 4.78 is 53.3. The van der Waals surface area contributed by atoms with Crippen LogP contribution in [-0.4, -0.2) is 35.5 Å². The lowest BCUT2D eigenvalue weighted by atomic mass is 9.93. The van der Waals surface area contributed by atoms with E-state index in [4.69, 9.17) is 0 Å². The van der Waals surface area contributed by atoms with E-state index in [1.54, 1.807) is 6.92 Å². The summed E-state index contributed by atoms with van der Waals surface area (Å²) in [6, 6.07) is 3.29. The number of carbonyl (C=O) groups is 1. The van der Waals surface area contributed by atoms with Crippen LogP contribution in [0.15, 0.2) is 24.3 Å². The van der Waals surface area contributed by atoms with E-state index in [1.165, 1.54) is 7.05 Å². The molecular formula is C13H14Cl2F4N2O2. The van der Waals surface area contributed by atoms with Gasteiger partial charge in [-0.25, -0.2) is 4.79 Å². The van der Waals surface area contributed by atoms with Crippen LogP contribution in [0, 0.1) is 0 Å². The molecule has 0 spiro atoms. The Morgan fingerprint density at radius 2 is 1.61 bits per heavy atom. The van der Waals surface area contributed by atoms with Gasteiger partial charge in [-0.2, -0.15) is 17.6 Å². The fourth-order valence-corrected chi connectivity index (χ4v) is 2.31. The minimum atomic E-state index is -4.73. The first kappa shape index (κ1) is 19.8. The predicted molar refractivity (Wildman–Crippen MR) is 79.4 cm³/mol. The highest BCUT2D eigenvalue weighted by atomic mass is 35.5. The molecule has 0 atom stereocenters. The Balaban J connectivity index is 3.23. The summed E-state index contributed by atoms with van der Waals surface area (Å²) in [7, 11) is 1.39. The minimum absolute atomic E-state index is 0.220. The van der Waals surface area contributed by atoms with Gasteiger partial charge in [0.05, 0.1) is 0 Å². The van der Waals surface area contributed by atoms with E-state index in [0.29, 0.717) is 6.54 Å². The van der Waals surface area contributed by atoms with E-state index in [2.05, 4.69) is 28.5 Å². The first-order chi connectivity index (χ1) is 10.4. The molecule has 0 saturated carbocycles. The number of hydrogen-bond acceptors (Lipinski definition) is 2. The minimum Gasteiger partial charge on any atom is -0.372 e. The van der Waals surface area contributed by atoms with Crippen LogP contribution in [0.4, 0.5) is 28.0 Å². The van der Waals surface area contributed by atoms with Gasteiger partial charge in [-0.05, 0) is 47.8 Å². The third-order valence-electron chi connectivity index (χ3n) is 3.13. The summed E-state index contributed by atoms with van der Waals surface area (Å²) in [5, 5.41) is 2.75. The van der Waals surface area contributed by atoms with Crippen molar-refractivity contribution < 1.29 is 27.5 Å². The van der Waals surface area contributed by atoms with Crippen molar-refractivity contribution in [3.63, 3.8) is 0 Å². The summed E-state index contributed by atoms with van der Waals surface area (Å²) in [5.41, 5.74) is -4.80. The number of hydrogen-bond donors (Lipinski definition) is 2. The van der Waals surface area contributed by atoms with Crippen LogP contribution in [0.25, 0.3) is 0 Å². The second-order valence-electron chi connectivity index (χ2n) is 4.65. The van der Waals surface area contributed by atoms with Gasteiger partial charge >= 0.3 is 16.8 Å². The van der Waals surface area contributed by atoms with Crippen LogP contribution in [0.2, 0.25) is 0 Å². The SMILES string of the molecule is CCNC(=O)N(C)c1ccc(C(O)(C(F)(F)Cl)C(F)(F)Cl)cc1. The van der Waals surface area contributed by atoms with Crippen LogP contribution < -0.4 is 10.2 Å². The molecule has 2 N–H and O–H groups in total. The van der Waals surface area contributed by atoms with Crippen molar-refractivity contribution in [3.8, 4) is 0 Å². The number of aliphatic hydroxyl groups is 1. The zero-order chi connectivity index (χ0) is 18.1. The Labute approximate surface area is 140 Å². The number of carbonyl (C=O) groups excluding carboxylic acids is 1. The maximum atomic E-state index is 13.3. The van der Waals surface area contributed by atoms with Gasteiger partial charge in [0.1, 0.15) is 0 Å². The molecular weight excluding hydrogens is 363 g/mol. The Kier molecular flexibility index (Phi) is 5.77. The number of amides is 2. The van der Waals surface area contributed by atoms with Crippen LogP contribution in [-0.2, 0) is 5.60 Å². The van der Waals surface area contributed by atoms with Gasteiger partial charge in [0.2, 0.25) is 5.60 Å². The maximum Gasteiger partial charge on any atom is 0.361 e. The fourth-order valence-electron chi connectivity index (χ4n) is 1.80. The molecule has 0 heterocycles. The summed E-state index contributed by atoms with van der Waals surface area (Å²) >= 11 is 9.26. The summed E-state index contributed by atoms with van der Waals surface area (Å²) in [6.45, 7) is 2.05. The zero-order valence-corrected chi connectivity index (χ0v) is 13.6. The molecule has 0 unspecified atom stereocenters. The second-order valence-corrected chi connectivity index (χ2v) is 5.60. The van der Waals surface area contributed by atoms with Gasteiger partial charge in [-0.3, -0.25) is 4.90 Å². The highest BCUT2D eigenvalue weighted by molar-refractivity contribution is 6.26. The van der Waals surface area contributed by atoms with E-state index in [-0.39, 0.29) is 5.69 Å². The molecule has 0 radical (unpaired) electrons. The Morgan fingerprint density at radius 1 is 1.17 bits per heavy atom. The predicted octanol–water partition coefficient (Wildman–Crippen LogP) is 3.70. The lowest BCUT2D eigenvalue weighted by Gasteiger charge is -2.35. The van der Waals surface area contributed by atoms with Crippen LogP contribution in [0.1, 0.15) is 12.5 Å². The smallest absolute Gasteiger partial charge is 0.361 e. The molecule has 2 amide bonds. The van der Waals surface area contributed by atoms with Crippen molar-refractivity contribution in [2.75, 3.05) is 18.5 Å². The number of nitrogens with one attached hydrogen (secondary N) is 1. The van der Waals surface area contributed by atoms with Crippen LogP contribution in [0.5, 0.6) is 0 Å². The molecule has 0 aliphatic rings. The van der Waals surface area contributed by atoms with E-state index >= 15 is 0 Å². The molecule has 4 nitrogen and oxygen atoms in total. The molecule has 1 aromatic carbocycles. The van der Waals surface area contributed by atoms with Gasteiger partial charge in [0.15, 0.2) is 0 Å². The molecule has 0 saturated heterocycles. The van der Waals surface area contributed by atoms with Crippen molar-refractivity contribution in [1.82, 2.24) is 5.32 Å². The monoisotopic (exact) mass is 376 g/mol. The molecule has 23 heavy (non-hydrogen) atoms. The van der Waals surface area contributed by atoms with E-state index in [0.717, 1.165) is 29.2 Å². The number of halogens is 6. The molecule has 0 fully saturated rings. The maximum absolute atomic E-state index is 13.3. The van der Waals surface area contributed by atoms with Gasteiger partial charge in [0.25, 0.3) is 0 Å². The largest absolute Gasteiger partial charge is 0.372 e. The lowest BCUT2D eigenvalue weighted by molar-refractivity contribution is -0.224. The van der Waals surface area contributed by atoms with Gasteiger partial charge in [-0.15, -0.1) is 0 Å². The first-order valence-corrected chi connectivity index (χ1v) is 7.09. The molecule has 1 aromatic rings. The molecule has 0 aromatic heterocycles. The average molecular weight is 377 g/mol. The highest BCUT2D eigenvalue weighted by Crippen LogP contribution is 2.52. The van der Waals surface area contributed by atoms with Gasteiger partial charge in [-0.1, -0.05) is 12.1 Å². The standard InChI is InChI=1S/C13H14Cl2F4N2O2/c1-3-20-10(22)21(2)9-6-4-8(5-7-9)11(23,12(14,16)17)13(15,18)19/h4-7,23H,3H2,1-2H3,(H,20,22). The molecule has 0 aliphatic heterocycles. The van der Waals surface area contributed by atoms with Crippen molar-refractivity contribution in [2.24, 2.45) is 0 Å². The summed E-state index contributed by atoms with van der Waals surface area (Å²) in [6.07, 6.45) is 0. The topological polar surface area (TPSA) is 52.6 Å². The number of nitrogens with zero attached hydrogens (tertiary/aromatic N) is 1. The quantitative estimate of drug-likeness (QED) is 0.607. The van der Waals surface area contributed by atoms with Crippen LogP contribution >= 0.6 is 23.2 Å². The zero-order valence-electron chi connectivity index (χ0n) is 12.1. The third-order valence-corrected chi connectivity index (χ3v) is 3.67. The number of benzene rings is 1. The Bertz CT molecular complexity index is 545. The number of urea groups is 1. The molecule has 10 heteroatoms. The first-order valence-electron chi connectivity index (χ1n) is 6.34. The highest BCUT2D eigenvalue weighted by Gasteiger charge is 2.67. The fraction of sp³-hybridized carbons (Fsp3) is 0.462. The second kappa shape index (κ2) is 6.70. The normalized spacial score (nSPS) is 12.9. The summed E-state index contributed by atoms with van der Waals surface area (Å²) in [4.78, 5) is 12.8. The van der Waals surface area contributed by atoms with Gasteiger partial charge < -0.3 is 10.4 Å².